The van der Waals surface area contributed by atoms with Crippen molar-refractivity contribution >= 4 is 17.6 Å². The molecule has 2 rings (SSSR count). The van der Waals surface area contributed by atoms with Gasteiger partial charge in [-0.3, -0.25) is 0 Å². The maximum absolute atomic E-state index is 10.7. The fourth-order valence-electron chi connectivity index (χ4n) is 1.12. The summed E-state index contributed by atoms with van der Waals surface area (Å²) in [6.45, 7) is 0. The van der Waals surface area contributed by atoms with Gasteiger partial charge in [-0.25, -0.2) is 0 Å². The Morgan fingerprint density at radius 3 is 2.87 bits per heavy atom. The van der Waals surface area contributed by atoms with E-state index in [0.29, 0.717) is 5.03 Å². The van der Waals surface area contributed by atoms with E-state index in [-0.39, 0.29) is 17.7 Å². The minimum Gasteiger partial charge on any atom is -0.482 e. The molecule has 1 aromatic heterocycles. The van der Waals surface area contributed by atoms with Crippen LogP contribution in [0.25, 0.3) is 0 Å². The van der Waals surface area contributed by atoms with Crippen LogP contribution in [0, 0.1) is 10.1 Å². The highest BCUT2D eigenvalue weighted by atomic mass is 32.2. The molecule has 0 unspecified atom stereocenters. The van der Waals surface area contributed by atoms with Crippen LogP contribution in [0.5, 0.6) is 5.75 Å². The fourth-order valence-corrected chi connectivity index (χ4v) is 1.50. The van der Waals surface area contributed by atoms with Gasteiger partial charge in [0.05, 0.1) is 6.10 Å². The highest BCUT2D eigenvalue weighted by molar-refractivity contribution is 7.98. The third kappa shape index (κ3) is 2.38. The molecule has 1 aliphatic rings. The number of pyridine rings is 1. The predicted octanol–water partition coefficient (Wildman–Crippen LogP) is 2.25. The van der Waals surface area contributed by atoms with E-state index >= 15 is 0 Å². The molecule has 0 bridgehead atoms. The Morgan fingerprint density at radius 2 is 2.33 bits per heavy atom. The molecule has 0 aromatic carbocycles. The zero-order chi connectivity index (χ0) is 10.8. The highest BCUT2D eigenvalue weighted by Gasteiger charge is 2.28. The van der Waals surface area contributed by atoms with Crippen LogP contribution in [0.3, 0.4) is 0 Å². The number of hydrogen-bond acceptors (Lipinski definition) is 5. The van der Waals surface area contributed by atoms with E-state index in [1.165, 1.54) is 11.8 Å². The Hall–Kier alpha value is -1.30. The van der Waals surface area contributed by atoms with Crippen molar-refractivity contribution in [2.24, 2.45) is 0 Å². The molecule has 0 atom stereocenters. The Kier molecular flexibility index (Phi) is 2.77. The summed E-state index contributed by atoms with van der Waals surface area (Å²) >= 11 is 1.37. The van der Waals surface area contributed by atoms with Crippen molar-refractivity contribution in [1.82, 2.24) is 4.98 Å². The second-order valence-electron chi connectivity index (χ2n) is 3.25. The molecule has 0 aliphatic heterocycles. The Bertz CT molecular complexity index is 393. The van der Waals surface area contributed by atoms with Gasteiger partial charge in [0.2, 0.25) is 10.8 Å². The molecule has 6 heteroatoms. The van der Waals surface area contributed by atoms with Crippen LogP contribution in [0.1, 0.15) is 12.8 Å². The average Bonchev–Trinajstić information content (AvgIpc) is 3.02. The van der Waals surface area contributed by atoms with Crippen LogP contribution in [-0.2, 0) is 0 Å². The van der Waals surface area contributed by atoms with Crippen molar-refractivity contribution in [3.8, 4) is 5.75 Å². The lowest BCUT2D eigenvalue weighted by molar-refractivity contribution is -0.391. The Balaban J connectivity index is 2.29. The fraction of sp³-hybridized carbons (Fsp3) is 0.444. The van der Waals surface area contributed by atoms with Gasteiger partial charge in [-0.05, 0) is 35.1 Å². The monoisotopic (exact) mass is 226 g/mol. The molecule has 80 valence electrons. The molecule has 0 N–H and O–H groups in total. The van der Waals surface area contributed by atoms with Crippen LogP contribution in [0.15, 0.2) is 17.2 Å². The third-order valence-electron chi connectivity index (χ3n) is 2.01. The smallest absolute Gasteiger partial charge is 0.407 e. The SMILES string of the molecule is CSc1ccc(OC2CC2)c([N+](=O)[O-])n1. The Morgan fingerprint density at radius 1 is 1.60 bits per heavy atom. The molecular formula is C9H10N2O3S. The standard InChI is InChI=1S/C9H10N2O3S/c1-15-8-5-4-7(14-6-2-3-6)9(10-8)11(12)13/h4-6H,2-3H2,1H3. The summed E-state index contributed by atoms with van der Waals surface area (Å²) in [7, 11) is 0. The summed E-state index contributed by atoms with van der Waals surface area (Å²) in [6, 6.07) is 3.35. The molecule has 0 spiro atoms. The summed E-state index contributed by atoms with van der Waals surface area (Å²) in [5, 5.41) is 11.4. The maximum atomic E-state index is 10.7. The number of rotatable bonds is 4. The van der Waals surface area contributed by atoms with E-state index < -0.39 is 4.92 Å². The summed E-state index contributed by atoms with van der Waals surface area (Å²) < 4.78 is 5.40. The van der Waals surface area contributed by atoms with Crippen molar-refractivity contribution in [1.29, 1.82) is 0 Å². The van der Waals surface area contributed by atoms with E-state index in [4.69, 9.17) is 4.74 Å². The van der Waals surface area contributed by atoms with Crippen LogP contribution in [0.2, 0.25) is 0 Å². The lowest BCUT2D eigenvalue weighted by Gasteiger charge is -2.04. The van der Waals surface area contributed by atoms with E-state index in [2.05, 4.69) is 4.98 Å². The molecule has 5 nitrogen and oxygen atoms in total. The molecular weight excluding hydrogens is 216 g/mol. The van der Waals surface area contributed by atoms with Crippen LogP contribution >= 0.6 is 11.8 Å². The maximum Gasteiger partial charge on any atom is 0.407 e. The quantitative estimate of drug-likeness (QED) is 0.447. The third-order valence-corrected chi connectivity index (χ3v) is 2.66. The van der Waals surface area contributed by atoms with Crippen molar-refractivity contribution < 1.29 is 9.66 Å². The number of ether oxygens (including phenoxy) is 1. The normalized spacial score (nSPS) is 15.0. The van der Waals surface area contributed by atoms with Gasteiger partial charge < -0.3 is 14.9 Å². The topological polar surface area (TPSA) is 65.3 Å². The van der Waals surface area contributed by atoms with Crippen molar-refractivity contribution in [2.45, 2.75) is 24.0 Å². The first kappa shape index (κ1) is 10.2. The number of nitrogens with zero attached hydrogens (tertiary/aromatic N) is 2. The lowest BCUT2D eigenvalue weighted by atomic mass is 10.4. The first-order valence-corrected chi connectivity index (χ1v) is 5.79. The van der Waals surface area contributed by atoms with Gasteiger partial charge in [0.25, 0.3) is 0 Å². The predicted molar refractivity (Wildman–Crippen MR) is 56.3 cm³/mol. The van der Waals surface area contributed by atoms with Gasteiger partial charge in [0.15, 0.2) is 0 Å². The number of hydrogen-bond donors (Lipinski definition) is 0. The molecule has 1 heterocycles. The molecule has 0 radical (unpaired) electrons. The van der Waals surface area contributed by atoms with E-state index in [0.717, 1.165) is 12.8 Å². The summed E-state index contributed by atoms with van der Waals surface area (Å²) in [5.41, 5.74) is 0. The van der Waals surface area contributed by atoms with Crippen LogP contribution in [-0.4, -0.2) is 22.3 Å². The largest absolute Gasteiger partial charge is 0.482 e. The second-order valence-corrected chi connectivity index (χ2v) is 4.08. The number of thioether (sulfide) groups is 1. The molecule has 1 aromatic rings. The molecule has 1 saturated carbocycles. The summed E-state index contributed by atoms with van der Waals surface area (Å²) in [4.78, 5) is 14.2. The minimum atomic E-state index is -0.503. The summed E-state index contributed by atoms with van der Waals surface area (Å²) in [5.74, 6) is 0.0917. The zero-order valence-corrected chi connectivity index (χ0v) is 8.99. The molecule has 1 aliphatic carbocycles. The summed E-state index contributed by atoms with van der Waals surface area (Å²) in [6.07, 6.45) is 3.92. The van der Waals surface area contributed by atoms with Gasteiger partial charge in [-0.15, -0.1) is 0 Å². The molecule has 1 fully saturated rings. The van der Waals surface area contributed by atoms with Crippen molar-refractivity contribution in [2.75, 3.05) is 6.26 Å². The molecule has 0 saturated heterocycles. The van der Waals surface area contributed by atoms with Crippen molar-refractivity contribution in [3.05, 3.63) is 22.2 Å². The van der Waals surface area contributed by atoms with E-state index in [9.17, 15) is 10.1 Å². The number of nitro groups is 1. The van der Waals surface area contributed by atoms with Gasteiger partial charge >= 0.3 is 5.82 Å². The second kappa shape index (κ2) is 4.06. The number of aromatic nitrogens is 1. The Labute approximate surface area is 91.0 Å². The van der Waals surface area contributed by atoms with Gasteiger partial charge in [-0.1, -0.05) is 11.8 Å². The van der Waals surface area contributed by atoms with Crippen molar-refractivity contribution in [3.63, 3.8) is 0 Å². The minimum absolute atomic E-state index is 0.144. The van der Waals surface area contributed by atoms with Crippen LogP contribution in [0.4, 0.5) is 5.82 Å². The van der Waals surface area contributed by atoms with E-state index in [1.54, 1.807) is 12.1 Å². The van der Waals surface area contributed by atoms with Crippen LogP contribution < -0.4 is 4.74 Å². The molecule has 0 amide bonds. The van der Waals surface area contributed by atoms with Gasteiger partial charge in [-0.2, -0.15) is 0 Å². The molecule has 15 heavy (non-hydrogen) atoms. The van der Waals surface area contributed by atoms with E-state index in [1.807, 2.05) is 6.26 Å². The van der Waals surface area contributed by atoms with Gasteiger partial charge in [0, 0.05) is 6.07 Å². The highest BCUT2D eigenvalue weighted by Crippen LogP contribution is 2.33. The van der Waals surface area contributed by atoms with Gasteiger partial charge in [0.1, 0.15) is 0 Å². The lowest BCUT2D eigenvalue weighted by Crippen LogP contribution is -2.02. The first-order valence-electron chi connectivity index (χ1n) is 4.57. The first-order chi connectivity index (χ1) is 7.20. The zero-order valence-electron chi connectivity index (χ0n) is 8.17. The average molecular weight is 226 g/mol.